The van der Waals surface area contributed by atoms with Crippen LogP contribution in [0, 0.1) is 6.92 Å². The van der Waals surface area contributed by atoms with Crippen molar-refractivity contribution < 1.29 is 23.9 Å². The number of aromatic nitrogens is 2. The van der Waals surface area contributed by atoms with Crippen LogP contribution < -0.4 is 11.1 Å². The summed E-state index contributed by atoms with van der Waals surface area (Å²) in [4.78, 5) is 52.4. The molecule has 10 heteroatoms. The molecule has 0 saturated heterocycles. The lowest BCUT2D eigenvalue weighted by Crippen LogP contribution is -2.47. The van der Waals surface area contributed by atoms with Crippen molar-refractivity contribution in [2.45, 2.75) is 58.8 Å². The minimum atomic E-state index is -1.14. The first-order chi connectivity index (χ1) is 20.9. The van der Waals surface area contributed by atoms with E-state index in [4.69, 9.17) is 10.5 Å². The van der Waals surface area contributed by atoms with Crippen molar-refractivity contribution in [2.24, 2.45) is 5.73 Å². The number of carbonyl (C=O) groups excluding carboxylic acids is 4. The third-order valence-corrected chi connectivity index (χ3v) is 6.63. The van der Waals surface area contributed by atoms with Crippen LogP contribution in [-0.2, 0) is 33.8 Å². The molecule has 0 aliphatic carbocycles. The van der Waals surface area contributed by atoms with Gasteiger partial charge in [0.2, 0.25) is 5.78 Å². The fraction of sp³-hybridized carbons (Fsp3) is 0.265. The van der Waals surface area contributed by atoms with E-state index in [9.17, 15) is 19.2 Å². The quantitative estimate of drug-likeness (QED) is 0.245. The highest BCUT2D eigenvalue weighted by molar-refractivity contribution is 6.38. The summed E-state index contributed by atoms with van der Waals surface area (Å²) in [5.41, 5.74) is 8.58. The van der Waals surface area contributed by atoms with Crippen LogP contribution in [0.2, 0.25) is 0 Å². The molecule has 10 nitrogen and oxygen atoms in total. The summed E-state index contributed by atoms with van der Waals surface area (Å²) < 4.78 is 7.13. The van der Waals surface area contributed by atoms with Gasteiger partial charge in [-0.25, -0.2) is 9.48 Å². The Morgan fingerprint density at radius 3 is 1.95 bits per heavy atom. The first-order valence-electron chi connectivity index (χ1n) is 14.3. The molecule has 3 amide bonds. The van der Waals surface area contributed by atoms with Crippen molar-refractivity contribution in [1.82, 2.24) is 20.0 Å². The van der Waals surface area contributed by atoms with Gasteiger partial charge in [0.15, 0.2) is 0 Å². The van der Waals surface area contributed by atoms with Crippen LogP contribution in [0.3, 0.4) is 0 Å². The molecule has 4 aromatic rings. The average molecular weight is 596 g/mol. The van der Waals surface area contributed by atoms with Crippen LogP contribution in [0.25, 0.3) is 5.69 Å². The lowest BCUT2D eigenvalue weighted by molar-refractivity contribution is -0.137. The van der Waals surface area contributed by atoms with E-state index < -0.39 is 35.3 Å². The highest BCUT2D eigenvalue weighted by atomic mass is 16.6. The number of Topliss-reactive ketones (excluding diaryl/α,β-unsaturated/α-hetero) is 1. The topological polar surface area (TPSA) is 137 Å². The van der Waals surface area contributed by atoms with Crippen LogP contribution in [0.15, 0.2) is 91.0 Å². The zero-order valence-electron chi connectivity index (χ0n) is 25.3. The zero-order valence-corrected chi connectivity index (χ0v) is 25.3. The summed E-state index contributed by atoms with van der Waals surface area (Å²) in [6.45, 7) is 7.90. The molecule has 0 fully saturated rings. The van der Waals surface area contributed by atoms with Gasteiger partial charge in [-0.1, -0.05) is 72.8 Å². The van der Waals surface area contributed by atoms with E-state index in [1.54, 1.807) is 54.3 Å². The average Bonchev–Trinajstić information content (AvgIpc) is 3.38. The molecule has 44 heavy (non-hydrogen) atoms. The largest absolute Gasteiger partial charge is 0.444 e. The third kappa shape index (κ3) is 8.64. The molecule has 1 heterocycles. The summed E-state index contributed by atoms with van der Waals surface area (Å²) >= 11 is 0. The summed E-state index contributed by atoms with van der Waals surface area (Å²) in [6, 6.07) is 26.5. The summed E-state index contributed by atoms with van der Waals surface area (Å²) in [7, 11) is 0. The van der Waals surface area contributed by atoms with Gasteiger partial charge in [-0.2, -0.15) is 5.10 Å². The van der Waals surface area contributed by atoms with Crippen molar-refractivity contribution in [1.29, 1.82) is 0 Å². The molecular formula is C34H37N5O5. The first-order valence-corrected chi connectivity index (χ1v) is 14.3. The number of primary amides is 1. The van der Waals surface area contributed by atoms with Gasteiger partial charge in [0.25, 0.3) is 11.8 Å². The van der Waals surface area contributed by atoms with E-state index in [1.165, 1.54) is 4.68 Å². The lowest BCUT2D eigenvalue weighted by Gasteiger charge is -2.27. The molecule has 1 aromatic heterocycles. The van der Waals surface area contributed by atoms with Gasteiger partial charge < -0.3 is 15.8 Å². The van der Waals surface area contributed by atoms with Crippen LogP contribution in [-0.4, -0.2) is 50.0 Å². The second kappa shape index (κ2) is 13.8. The maximum Gasteiger partial charge on any atom is 0.410 e. The Bertz CT molecular complexity index is 1610. The number of amides is 3. The number of benzene rings is 3. The smallest absolute Gasteiger partial charge is 0.410 e. The number of hydrogen-bond acceptors (Lipinski definition) is 6. The molecule has 3 N–H and O–H groups in total. The van der Waals surface area contributed by atoms with Gasteiger partial charge in [-0.15, -0.1) is 0 Å². The Kier molecular flexibility index (Phi) is 9.95. The summed E-state index contributed by atoms with van der Waals surface area (Å²) in [6.07, 6.45) is -0.324. The summed E-state index contributed by atoms with van der Waals surface area (Å²) in [5, 5.41) is 7.15. The minimum absolute atomic E-state index is 0.104. The normalized spacial score (nSPS) is 11.8. The number of nitrogens with zero attached hydrogens (tertiary/aromatic N) is 3. The second-order valence-corrected chi connectivity index (χ2v) is 11.5. The maximum atomic E-state index is 13.4. The van der Waals surface area contributed by atoms with Crippen molar-refractivity contribution in [2.75, 3.05) is 0 Å². The summed E-state index contributed by atoms with van der Waals surface area (Å²) in [5.74, 6) is -2.59. The van der Waals surface area contributed by atoms with Crippen molar-refractivity contribution in [3.63, 3.8) is 0 Å². The van der Waals surface area contributed by atoms with Gasteiger partial charge in [0.1, 0.15) is 17.3 Å². The molecule has 0 unspecified atom stereocenters. The van der Waals surface area contributed by atoms with Crippen LogP contribution in [0.1, 0.15) is 53.6 Å². The van der Waals surface area contributed by atoms with Gasteiger partial charge in [-0.05, 0) is 62.6 Å². The van der Waals surface area contributed by atoms with Crippen molar-refractivity contribution in [3.8, 4) is 5.69 Å². The molecule has 228 valence electrons. The molecule has 0 bridgehead atoms. The van der Waals surface area contributed by atoms with Gasteiger partial charge in [0, 0.05) is 19.5 Å². The number of rotatable bonds is 11. The Labute approximate surface area is 256 Å². The third-order valence-electron chi connectivity index (χ3n) is 6.63. The van der Waals surface area contributed by atoms with Crippen molar-refractivity contribution >= 4 is 23.7 Å². The monoisotopic (exact) mass is 595 g/mol. The number of nitrogens with one attached hydrogen (secondary N) is 1. The Morgan fingerprint density at radius 2 is 1.41 bits per heavy atom. The fourth-order valence-corrected chi connectivity index (χ4v) is 4.60. The molecule has 0 saturated carbocycles. The highest BCUT2D eigenvalue weighted by Gasteiger charge is 2.28. The second-order valence-electron chi connectivity index (χ2n) is 11.5. The standard InChI is InChI=1S/C34H37N5O5/c1-23-19-29(32(42)36-28(30(40)31(35)41)20-24-11-7-5-8-12-24)39(37-23)27-17-15-26(16-18-27)22-38(33(43)44-34(2,3)4)21-25-13-9-6-10-14-25/h5-19,28H,20-22H2,1-4H3,(H2,35,41)(H,36,42)/t28-/m0/s1. The van der Waals surface area contributed by atoms with Gasteiger partial charge >= 0.3 is 6.09 Å². The Balaban J connectivity index is 1.54. The number of ether oxygens (including phenoxy) is 1. The van der Waals surface area contributed by atoms with E-state index in [0.29, 0.717) is 24.5 Å². The fourth-order valence-electron chi connectivity index (χ4n) is 4.60. The zero-order chi connectivity index (χ0) is 31.9. The number of nitrogens with two attached hydrogens (primary N) is 1. The van der Waals surface area contributed by atoms with Gasteiger partial charge in [0.05, 0.1) is 11.4 Å². The van der Waals surface area contributed by atoms with Crippen LogP contribution in [0.5, 0.6) is 0 Å². The maximum absolute atomic E-state index is 13.4. The molecule has 1 atom stereocenters. The molecule has 0 aliphatic rings. The number of carbonyl (C=O) groups is 4. The van der Waals surface area contributed by atoms with Gasteiger partial charge in [-0.3, -0.25) is 19.3 Å². The molecule has 3 aromatic carbocycles. The first kappa shape index (κ1) is 31.7. The molecule has 0 radical (unpaired) electrons. The molecule has 0 spiro atoms. The number of ketones is 1. The van der Waals surface area contributed by atoms with E-state index in [-0.39, 0.29) is 12.1 Å². The van der Waals surface area contributed by atoms with E-state index in [2.05, 4.69) is 10.4 Å². The molecule has 4 rings (SSSR count). The van der Waals surface area contributed by atoms with Crippen molar-refractivity contribution in [3.05, 3.63) is 119 Å². The van der Waals surface area contributed by atoms with E-state index in [0.717, 1.165) is 16.7 Å². The molecular weight excluding hydrogens is 558 g/mol. The van der Waals surface area contributed by atoms with E-state index >= 15 is 0 Å². The number of hydrogen-bond donors (Lipinski definition) is 2. The Morgan fingerprint density at radius 1 is 0.864 bits per heavy atom. The Hall–Kier alpha value is -5.25. The lowest BCUT2D eigenvalue weighted by atomic mass is 10.0. The van der Waals surface area contributed by atoms with Crippen LogP contribution >= 0.6 is 0 Å². The highest BCUT2D eigenvalue weighted by Crippen LogP contribution is 2.19. The predicted molar refractivity (Wildman–Crippen MR) is 166 cm³/mol. The van der Waals surface area contributed by atoms with Crippen LogP contribution in [0.4, 0.5) is 4.79 Å². The minimum Gasteiger partial charge on any atom is -0.444 e. The number of aryl methyl sites for hydroxylation is 1. The SMILES string of the molecule is Cc1cc(C(=O)N[C@@H](Cc2ccccc2)C(=O)C(N)=O)n(-c2ccc(CN(Cc3ccccc3)C(=O)OC(C)(C)C)cc2)n1. The molecule has 0 aliphatic heterocycles. The predicted octanol–water partition coefficient (Wildman–Crippen LogP) is 4.51. The van der Waals surface area contributed by atoms with E-state index in [1.807, 2.05) is 69.3 Å².